The van der Waals surface area contributed by atoms with Gasteiger partial charge in [0.2, 0.25) is 0 Å². The third kappa shape index (κ3) is 2.48. The van der Waals surface area contributed by atoms with E-state index in [-0.39, 0.29) is 0 Å². The van der Waals surface area contributed by atoms with Gasteiger partial charge in [-0.1, -0.05) is 48.0 Å². The highest BCUT2D eigenvalue weighted by Crippen LogP contribution is 2.50. The molecule has 0 aromatic carbocycles. The third-order valence-electron chi connectivity index (χ3n) is 3.74. The Kier molecular flexibility index (Phi) is 2.81. The molecule has 13 heavy (non-hydrogen) atoms. The van der Waals surface area contributed by atoms with Gasteiger partial charge >= 0.3 is 0 Å². The monoisotopic (exact) mass is 182 g/mol. The molecular weight excluding hydrogens is 156 g/mol. The standard InChI is InChI=1S/C13H26/c1-12(2,3)10-8-7-9-11(10)13(4,5)6/h10-11H,7-9H2,1-6H3/t10-,11+. The van der Waals surface area contributed by atoms with Gasteiger partial charge in [0.15, 0.2) is 0 Å². The van der Waals surface area contributed by atoms with Gasteiger partial charge in [0.25, 0.3) is 0 Å². The molecule has 78 valence electrons. The zero-order valence-electron chi connectivity index (χ0n) is 10.3. The van der Waals surface area contributed by atoms with E-state index in [1.54, 1.807) is 0 Å². The topological polar surface area (TPSA) is 0 Å². The summed E-state index contributed by atoms with van der Waals surface area (Å²) in [5.41, 5.74) is 1.02. The van der Waals surface area contributed by atoms with E-state index in [1.165, 1.54) is 19.3 Å². The molecule has 0 amide bonds. The van der Waals surface area contributed by atoms with E-state index in [2.05, 4.69) is 41.5 Å². The van der Waals surface area contributed by atoms with Crippen molar-refractivity contribution in [3.8, 4) is 0 Å². The summed E-state index contributed by atoms with van der Waals surface area (Å²) >= 11 is 0. The normalized spacial score (nSPS) is 30.9. The first kappa shape index (κ1) is 11.1. The Hall–Kier alpha value is 0. The van der Waals surface area contributed by atoms with Gasteiger partial charge in [-0.2, -0.15) is 0 Å². The highest BCUT2D eigenvalue weighted by atomic mass is 14.5. The SMILES string of the molecule is CC(C)(C)[C@@H]1CCC[C@@H]1C(C)(C)C. The van der Waals surface area contributed by atoms with Crippen LogP contribution < -0.4 is 0 Å². The maximum absolute atomic E-state index is 2.40. The highest BCUT2D eigenvalue weighted by molar-refractivity contribution is 4.91. The largest absolute Gasteiger partial charge is 0.0599 e. The molecule has 0 aromatic heterocycles. The number of hydrogen-bond donors (Lipinski definition) is 0. The summed E-state index contributed by atoms with van der Waals surface area (Å²) in [4.78, 5) is 0. The maximum atomic E-state index is 2.40. The number of rotatable bonds is 0. The second-order valence-electron chi connectivity index (χ2n) is 6.88. The van der Waals surface area contributed by atoms with Crippen molar-refractivity contribution in [3.05, 3.63) is 0 Å². The van der Waals surface area contributed by atoms with Gasteiger partial charge in [0.1, 0.15) is 0 Å². The van der Waals surface area contributed by atoms with Crippen molar-refractivity contribution >= 4 is 0 Å². The summed E-state index contributed by atoms with van der Waals surface area (Å²) in [6.07, 6.45) is 4.35. The zero-order chi connectivity index (χ0) is 10.3. The van der Waals surface area contributed by atoms with Crippen LogP contribution in [0.25, 0.3) is 0 Å². The van der Waals surface area contributed by atoms with E-state index >= 15 is 0 Å². The van der Waals surface area contributed by atoms with E-state index in [9.17, 15) is 0 Å². The Balaban J connectivity index is 2.76. The Morgan fingerprint density at radius 1 is 0.692 bits per heavy atom. The summed E-state index contributed by atoms with van der Waals surface area (Å²) in [5, 5.41) is 0. The van der Waals surface area contributed by atoms with Crippen LogP contribution >= 0.6 is 0 Å². The smallest absolute Gasteiger partial charge is 0.0332 e. The van der Waals surface area contributed by atoms with E-state index in [0.717, 1.165) is 11.8 Å². The first-order valence-electron chi connectivity index (χ1n) is 5.73. The fourth-order valence-corrected chi connectivity index (χ4v) is 3.03. The van der Waals surface area contributed by atoms with Crippen LogP contribution in [0.1, 0.15) is 60.8 Å². The van der Waals surface area contributed by atoms with Gasteiger partial charge in [-0.25, -0.2) is 0 Å². The van der Waals surface area contributed by atoms with Crippen LogP contribution in [0.3, 0.4) is 0 Å². The van der Waals surface area contributed by atoms with Crippen LogP contribution in [0.5, 0.6) is 0 Å². The van der Waals surface area contributed by atoms with Gasteiger partial charge in [0, 0.05) is 0 Å². The molecule has 0 saturated heterocycles. The van der Waals surface area contributed by atoms with E-state index in [0.29, 0.717) is 10.8 Å². The second-order valence-corrected chi connectivity index (χ2v) is 6.88. The van der Waals surface area contributed by atoms with E-state index < -0.39 is 0 Å². The molecule has 1 aliphatic carbocycles. The van der Waals surface area contributed by atoms with E-state index in [1.807, 2.05) is 0 Å². The predicted molar refractivity (Wildman–Crippen MR) is 59.7 cm³/mol. The average molecular weight is 182 g/mol. The van der Waals surface area contributed by atoms with Crippen molar-refractivity contribution in [3.63, 3.8) is 0 Å². The number of hydrogen-bond acceptors (Lipinski definition) is 0. The molecule has 1 saturated carbocycles. The lowest BCUT2D eigenvalue weighted by Gasteiger charge is -2.39. The Morgan fingerprint density at radius 3 is 1.23 bits per heavy atom. The summed E-state index contributed by atoms with van der Waals surface area (Å²) in [6.45, 7) is 14.4. The molecule has 2 atom stereocenters. The highest BCUT2D eigenvalue weighted by Gasteiger charge is 2.41. The molecule has 1 rings (SSSR count). The van der Waals surface area contributed by atoms with Crippen molar-refractivity contribution in [1.82, 2.24) is 0 Å². The Morgan fingerprint density at radius 2 is 1.00 bits per heavy atom. The van der Waals surface area contributed by atoms with Crippen molar-refractivity contribution in [1.29, 1.82) is 0 Å². The second kappa shape index (κ2) is 3.29. The van der Waals surface area contributed by atoms with Crippen molar-refractivity contribution < 1.29 is 0 Å². The molecule has 0 heterocycles. The van der Waals surface area contributed by atoms with Crippen molar-refractivity contribution in [2.24, 2.45) is 22.7 Å². The molecule has 0 N–H and O–H groups in total. The van der Waals surface area contributed by atoms with Crippen LogP contribution in [-0.2, 0) is 0 Å². The molecule has 0 unspecified atom stereocenters. The quantitative estimate of drug-likeness (QED) is 0.517. The van der Waals surface area contributed by atoms with Crippen molar-refractivity contribution in [2.75, 3.05) is 0 Å². The minimum Gasteiger partial charge on any atom is -0.0599 e. The molecule has 1 aliphatic rings. The molecule has 0 aliphatic heterocycles. The minimum atomic E-state index is 0.508. The fraction of sp³-hybridized carbons (Fsp3) is 1.00. The van der Waals surface area contributed by atoms with Gasteiger partial charge in [-0.15, -0.1) is 0 Å². The molecule has 0 bridgehead atoms. The summed E-state index contributed by atoms with van der Waals surface area (Å²) in [5.74, 6) is 1.87. The molecule has 0 radical (unpaired) electrons. The summed E-state index contributed by atoms with van der Waals surface area (Å²) < 4.78 is 0. The lowest BCUT2D eigenvalue weighted by molar-refractivity contribution is 0.0992. The molecule has 0 nitrogen and oxygen atoms in total. The van der Waals surface area contributed by atoms with Crippen LogP contribution in [0.15, 0.2) is 0 Å². The van der Waals surface area contributed by atoms with Crippen LogP contribution in [0.2, 0.25) is 0 Å². The molecule has 0 spiro atoms. The van der Waals surface area contributed by atoms with Crippen LogP contribution in [0, 0.1) is 22.7 Å². The molecule has 0 aromatic rings. The first-order chi connectivity index (χ1) is 5.73. The third-order valence-corrected chi connectivity index (χ3v) is 3.74. The molecule has 1 fully saturated rings. The molecule has 0 heteroatoms. The summed E-state index contributed by atoms with van der Waals surface area (Å²) in [7, 11) is 0. The first-order valence-corrected chi connectivity index (χ1v) is 5.73. The van der Waals surface area contributed by atoms with Crippen LogP contribution in [-0.4, -0.2) is 0 Å². The van der Waals surface area contributed by atoms with Gasteiger partial charge in [-0.3, -0.25) is 0 Å². The zero-order valence-corrected chi connectivity index (χ0v) is 10.3. The Bertz CT molecular complexity index is 145. The minimum absolute atomic E-state index is 0.508. The summed E-state index contributed by atoms with van der Waals surface area (Å²) in [6, 6.07) is 0. The predicted octanol–water partition coefficient (Wildman–Crippen LogP) is 4.49. The Labute approximate surface area is 84.1 Å². The average Bonchev–Trinajstić information content (AvgIpc) is 2.27. The lowest BCUT2D eigenvalue weighted by atomic mass is 9.66. The molecular formula is C13H26. The van der Waals surface area contributed by atoms with E-state index in [4.69, 9.17) is 0 Å². The van der Waals surface area contributed by atoms with Crippen LogP contribution in [0.4, 0.5) is 0 Å². The van der Waals surface area contributed by atoms with Gasteiger partial charge < -0.3 is 0 Å². The maximum Gasteiger partial charge on any atom is -0.0332 e. The van der Waals surface area contributed by atoms with Gasteiger partial charge in [0.05, 0.1) is 0 Å². The van der Waals surface area contributed by atoms with Crippen molar-refractivity contribution in [2.45, 2.75) is 60.8 Å². The lowest BCUT2D eigenvalue weighted by Crippen LogP contribution is -2.32. The fourth-order valence-electron chi connectivity index (χ4n) is 3.03. The van der Waals surface area contributed by atoms with Gasteiger partial charge in [-0.05, 0) is 35.5 Å².